The fourth-order valence-electron chi connectivity index (χ4n) is 2.56. The SMILES string of the molecule is O=C(OC1CCOC1)c1ccc(CS(=O)(=O)c2c(Cl)sc(Cl)c2Br)cc1O. The molecule has 146 valence electrons. The molecule has 1 aromatic heterocycles. The van der Waals surface area contributed by atoms with Crippen LogP contribution in [0.2, 0.25) is 8.67 Å². The van der Waals surface area contributed by atoms with Gasteiger partial charge in [-0.3, -0.25) is 0 Å². The smallest absolute Gasteiger partial charge is 0.342 e. The zero-order valence-electron chi connectivity index (χ0n) is 13.6. The lowest BCUT2D eigenvalue weighted by molar-refractivity contribution is 0.0267. The van der Waals surface area contributed by atoms with Crippen LogP contribution in [0, 0.1) is 0 Å². The summed E-state index contributed by atoms with van der Waals surface area (Å²) in [4.78, 5) is 12.0. The fraction of sp³-hybridized carbons (Fsp3) is 0.312. The topological polar surface area (TPSA) is 89.9 Å². The first kappa shape index (κ1) is 20.9. The lowest BCUT2D eigenvalue weighted by Crippen LogP contribution is -2.18. The number of hydrogen-bond acceptors (Lipinski definition) is 7. The summed E-state index contributed by atoms with van der Waals surface area (Å²) >= 11 is 16.0. The Bertz CT molecular complexity index is 983. The normalized spacial score (nSPS) is 17.2. The molecule has 0 bridgehead atoms. The van der Waals surface area contributed by atoms with Gasteiger partial charge in [-0.1, -0.05) is 29.3 Å². The molecule has 6 nitrogen and oxygen atoms in total. The predicted molar refractivity (Wildman–Crippen MR) is 106 cm³/mol. The lowest BCUT2D eigenvalue weighted by atomic mass is 10.1. The molecule has 0 amide bonds. The van der Waals surface area contributed by atoms with Crippen molar-refractivity contribution in [3.05, 3.63) is 42.5 Å². The maximum absolute atomic E-state index is 12.7. The number of rotatable bonds is 5. The molecule has 1 aliphatic rings. The highest BCUT2D eigenvalue weighted by Gasteiger charge is 2.27. The van der Waals surface area contributed by atoms with Crippen molar-refractivity contribution >= 4 is 66.3 Å². The molecule has 1 unspecified atom stereocenters. The summed E-state index contributed by atoms with van der Waals surface area (Å²) in [7, 11) is -3.82. The average Bonchev–Trinajstić information content (AvgIpc) is 3.15. The van der Waals surface area contributed by atoms with Crippen LogP contribution in [-0.2, 0) is 25.1 Å². The Morgan fingerprint density at radius 2 is 2.11 bits per heavy atom. The Balaban J connectivity index is 1.80. The number of thiophene rings is 1. The van der Waals surface area contributed by atoms with Crippen molar-refractivity contribution in [2.75, 3.05) is 13.2 Å². The highest BCUT2D eigenvalue weighted by molar-refractivity contribution is 9.10. The molecule has 1 atom stereocenters. The molecule has 1 N–H and O–H groups in total. The number of carbonyl (C=O) groups is 1. The van der Waals surface area contributed by atoms with Gasteiger partial charge in [-0.05, 0) is 33.6 Å². The van der Waals surface area contributed by atoms with Crippen LogP contribution in [0.1, 0.15) is 22.3 Å². The maximum Gasteiger partial charge on any atom is 0.342 e. The van der Waals surface area contributed by atoms with Gasteiger partial charge in [0, 0.05) is 6.42 Å². The summed E-state index contributed by atoms with van der Waals surface area (Å²) in [6, 6.07) is 3.99. The minimum absolute atomic E-state index is 0.0409. The van der Waals surface area contributed by atoms with Crippen LogP contribution in [0.25, 0.3) is 0 Å². The van der Waals surface area contributed by atoms with Gasteiger partial charge in [0.05, 0.1) is 23.4 Å². The molecular formula is C16H13BrCl2O6S2. The van der Waals surface area contributed by atoms with E-state index in [1.807, 2.05) is 0 Å². The van der Waals surface area contributed by atoms with Crippen LogP contribution in [0.3, 0.4) is 0 Å². The molecule has 0 saturated carbocycles. The first-order valence-corrected chi connectivity index (χ1v) is 11.7. The third kappa shape index (κ3) is 4.60. The fourth-order valence-corrected chi connectivity index (χ4v) is 7.66. The van der Waals surface area contributed by atoms with Gasteiger partial charge in [0.25, 0.3) is 0 Å². The molecule has 1 saturated heterocycles. The summed E-state index contributed by atoms with van der Waals surface area (Å²) in [6.07, 6.45) is 0.251. The van der Waals surface area contributed by atoms with Crippen molar-refractivity contribution in [3.8, 4) is 5.75 Å². The van der Waals surface area contributed by atoms with Crippen LogP contribution >= 0.6 is 50.5 Å². The Kier molecular flexibility index (Phi) is 6.39. The number of carbonyl (C=O) groups excluding carboxylic acids is 1. The third-order valence-electron chi connectivity index (χ3n) is 3.84. The zero-order chi connectivity index (χ0) is 19.8. The van der Waals surface area contributed by atoms with Crippen molar-refractivity contribution in [1.29, 1.82) is 0 Å². The molecule has 2 aromatic rings. The van der Waals surface area contributed by atoms with E-state index in [9.17, 15) is 18.3 Å². The van der Waals surface area contributed by atoms with Crippen LogP contribution in [0.5, 0.6) is 5.75 Å². The minimum Gasteiger partial charge on any atom is -0.507 e. The molecule has 11 heteroatoms. The number of halogens is 3. The second kappa shape index (κ2) is 8.26. The van der Waals surface area contributed by atoms with Gasteiger partial charge in [-0.2, -0.15) is 0 Å². The van der Waals surface area contributed by atoms with Crippen LogP contribution < -0.4 is 0 Å². The summed E-state index contributed by atoms with van der Waals surface area (Å²) in [5.41, 5.74) is 0.249. The van der Waals surface area contributed by atoms with Crippen molar-refractivity contribution in [3.63, 3.8) is 0 Å². The van der Waals surface area contributed by atoms with Gasteiger partial charge in [0.2, 0.25) is 0 Å². The van der Waals surface area contributed by atoms with E-state index in [0.717, 1.165) is 11.3 Å². The number of sulfone groups is 1. The van der Waals surface area contributed by atoms with Crippen molar-refractivity contribution in [2.45, 2.75) is 23.2 Å². The quantitative estimate of drug-likeness (QED) is 0.592. The Morgan fingerprint density at radius 3 is 2.67 bits per heavy atom. The van der Waals surface area contributed by atoms with E-state index in [-0.39, 0.29) is 35.5 Å². The second-order valence-corrected chi connectivity index (χ2v) is 10.7. The minimum atomic E-state index is -3.82. The molecule has 1 aromatic carbocycles. The number of benzene rings is 1. The standard InChI is InChI=1S/C16H13BrCl2O6S2/c17-12-13(15(19)26-14(12)18)27(22,23)7-8-1-2-10(11(20)5-8)16(21)25-9-3-4-24-6-9/h1-2,5,9,20H,3-4,6-7H2. The summed E-state index contributed by atoms with van der Waals surface area (Å²) in [6.45, 7) is 0.840. The average molecular weight is 516 g/mol. The predicted octanol–water partition coefficient (Wildman–Crippen LogP) is 4.44. The molecule has 1 fully saturated rings. The lowest BCUT2D eigenvalue weighted by Gasteiger charge is -2.12. The number of ether oxygens (including phenoxy) is 2. The highest BCUT2D eigenvalue weighted by atomic mass is 79.9. The molecule has 2 heterocycles. The van der Waals surface area contributed by atoms with E-state index < -0.39 is 21.6 Å². The molecule has 1 aliphatic heterocycles. The highest BCUT2D eigenvalue weighted by Crippen LogP contribution is 2.44. The van der Waals surface area contributed by atoms with Crippen LogP contribution in [0.4, 0.5) is 0 Å². The summed E-state index contributed by atoms with van der Waals surface area (Å²) in [5.74, 6) is -1.47. The van der Waals surface area contributed by atoms with Gasteiger partial charge in [0.1, 0.15) is 31.0 Å². The number of esters is 1. The third-order valence-corrected chi connectivity index (χ3v) is 8.98. The van der Waals surface area contributed by atoms with Gasteiger partial charge in [0.15, 0.2) is 9.84 Å². The van der Waals surface area contributed by atoms with E-state index in [1.54, 1.807) is 0 Å². The van der Waals surface area contributed by atoms with E-state index in [2.05, 4.69) is 15.9 Å². The van der Waals surface area contributed by atoms with E-state index >= 15 is 0 Å². The molecule has 0 radical (unpaired) electrons. The number of phenolic OH excluding ortho intramolecular Hbond substituents is 1. The Labute approximate surface area is 178 Å². The second-order valence-electron chi connectivity index (χ2n) is 5.79. The molecule has 0 spiro atoms. The first-order valence-electron chi connectivity index (χ1n) is 7.65. The number of hydrogen-bond donors (Lipinski definition) is 1. The van der Waals surface area contributed by atoms with Crippen molar-refractivity contribution in [2.24, 2.45) is 0 Å². The Morgan fingerprint density at radius 1 is 1.37 bits per heavy atom. The monoisotopic (exact) mass is 514 g/mol. The van der Waals surface area contributed by atoms with Gasteiger partial charge >= 0.3 is 5.97 Å². The van der Waals surface area contributed by atoms with E-state index in [4.69, 9.17) is 32.7 Å². The van der Waals surface area contributed by atoms with Gasteiger partial charge < -0.3 is 14.6 Å². The zero-order valence-corrected chi connectivity index (χ0v) is 18.3. The van der Waals surface area contributed by atoms with Crippen LogP contribution in [-0.4, -0.2) is 38.8 Å². The van der Waals surface area contributed by atoms with Crippen molar-refractivity contribution in [1.82, 2.24) is 0 Å². The number of aromatic hydroxyl groups is 1. The van der Waals surface area contributed by atoms with Gasteiger partial charge in [-0.25, -0.2) is 13.2 Å². The molecule has 27 heavy (non-hydrogen) atoms. The summed E-state index contributed by atoms with van der Waals surface area (Å²) < 4.78 is 36.2. The molecular weight excluding hydrogens is 503 g/mol. The maximum atomic E-state index is 12.7. The van der Waals surface area contributed by atoms with Crippen LogP contribution in [0.15, 0.2) is 27.6 Å². The Hall–Kier alpha value is -0.840. The first-order chi connectivity index (χ1) is 12.7. The molecule has 3 rings (SSSR count). The van der Waals surface area contributed by atoms with E-state index in [1.165, 1.54) is 18.2 Å². The van der Waals surface area contributed by atoms with Crippen molar-refractivity contribution < 1.29 is 27.8 Å². The number of phenols is 1. The largest absolute Gasteiger partial charge is 0.507 e. The summed E-state index contributed by atoms with van der Waals surface area (Å²) in [5, 5.41) is 10.1. The van der Waals surface area contributed by atoms with Gasteiger partial charge in [-0.15, -0.1) is 11.3 Å². The molecule has 0 aliphatic carbocycles. The van der Waals surface area contributed by atoms with E-state index in [0.29, 0.717) is 25.2 Å².